The summed E-state index contributed by atoms with van der Waals surface area (Å²) < 4.78 is 31.6. The smallest absolute Gasteiger partial charge is 0.391 e. The highest BCUT2D eigenvalue weighted by molar-refractivity contribution is 7.81. The number of carbonyl (C=O) groups is 1. The summed E-state index contributed by atoms with van der Waals surface area (Å²) in [6, 6.07) is 0. The fourth-order valence-corrected chi connectivity index (χ4v) is 1.07. The number of aliphatic hydroxyl groups is 4. The van der Waals surface area contributed by atoms with Gasteiger partial charge in [-0.1, -0.05) is 0 Å². The molecule has 0 saturated carbocycles. The molecule has 0 aromatic carbocycles. The topological polar surface area (TPSA) is 162 Å². The molecule has 10 heteroatoms. The molecule has 0 rings (SSSR count). The zero-order valence-electron chi connectivity index (χ0n) is 8.09. The van der Waals surface area contributed by atoms with Crippen LogP contribution in [0.15, 0.2) is 0 Å². The molecule has 0 fully saturated rings. The molecule has 0 aliphatic rings. The van der Waals surface area contributed by atoms with E-state index in [2.05, 4.69) is 4.18 Å². The molecule has 0 heterocycles. The van der Waals surface area contributed by atoms with Gasteiger partial charge in [0.15, 0.2) is 6.10 Å². The largest absolute Gasteiger partial charge is 0.449 e. The predicted octanol–water partition coefficient (Wildman–Crippen LogP) is -3.20. The lowest BCUT2D eigenvalue weighted by Crippen LogP contribution is -2.47. The Balaban J connectivity index is 4.56. The molecular weight excluding hydrogens is 248 g/mol. The molecule has 4 atom stereocenters. The Morgan fingerprint density at radius 3 is 1.88 bits per heavy atom. The van der Waals surface area contributed by atoms with E-state index in [-0.39, 0.29) is 0 Å². The molecule has 0 bridgehead atoms. The van der Waals surface area contributed by atoms with E-state index >= 15 is 0 Å². The Labute approximate surface area is 90.9 Å². The van der Waals surface area contributed by atoms with Crippen LogP contribution in [0, 0.1) is 0 Å². The summed E-state index contributed by atoms with van der Waals surface area (Å²) in [6.45, 7) is 1.06. The zero-order chi connectivity index (χ0) is 13.1. The van der Waals surface area contributed by atoms with E-state index < -0.39 is 40.8 Å². The summed E-state index contributed by atoms with van der Waals surface area (Å²) in [5, 5.41) is 35.9. The van der Waals surface area contributed by atoms with Crippen LogP contribution >= 0.6 is 0 Å². The van der Waals surface area contributed by atoms with Gasteiger partial charge >= 0.3 is 16.4 Å². The molecule has 0 aliphatic heterocycles. The van der Waals surface area contributed by atoms with Gasteiger partial charge in [-0.15, -0.1) is 0 Å². The number of rotatable bonds is 5. The van der Waals surface area contributed by atoms with E-state index in [4.69, 9.17) is 25.0 Å². The highest BCUT2D eigenvalue weighted by Gasteiger charge is 2.35. The SMILES string of the molecule is C[C@@H](O)[C@H](O)[C@H](O)[C@@H](O)C(=O)OS(=O)(=O)O. The van der Waals surface area contributed by atoms with Gasteiger partial charge in [-0.2, -0.15) is 8.42 Å². The van der Waals surface area contributed by atoms with Gasteiger partial charge in [0.2, 0.25) is 0 Å². The molecule has 0 unspecified atom stereocenters. The Morgan fingerprint density at radius 1 is 1.12 bits per heavy atom. The highest BCUT2D eigenvalue weighted by atomic mass is 32.3. The van der Waals surface area contributed by atoms with Gasteiger partial charge in [-0.3, -0.25) is 4.55 Å². The highest BCUT2D eigenvalue weighted by Crippen LogP contribution is 2.07. The zero-order valence-corrected chi connectivity index (χ0v) is 8.90. The Bertz CT molecular complexity index is 334. The minimum Gasteiger partial charge on any atom is -0.391 e. The number of carbonyl (C=O) groups excluding carboxylic acids is 1. The van der Waals surface area contributed by atoms with Crippen LogP contribution in [0.1, 0.15) is 6.92 Å². The van der Waals surface area contributed by atoms with Gasteiger partial charge in [-0.25, -0.2) is 4.79 Å². The summed E-state index contributed by atoms with van der Waals surface area (Å²) >= 11 is 0. The van der Waals surface area contributed by atoms with E-state index in [1.165, 1.54) is 0 Å². The summed E-state index contributed by atoms with van der Waals surface area (Å²) in [7, 11) is -5.11. The van der Waals surface area contributed by atoms with E-state index in [0.717, 1.165) is 6.92 Å². The van der Waals surface area contributed by atoms with Crippen molar-refractivity contribution in [2.45, 2.75) is 31.3 Å². The average Bonchev–Trinajstić information content (AvgIpc) is 2.11. The van der Waals surface area contributed by atoms with Crippen molar-refractivity contribution in [1.82, 2.24) is 0 Å². The van der Waals surface area contributed by atoms with Crippen LogP contribution in [0.4, 0.5) is 0 Å². The molecule has 96 valence electrons. The van der Waals surface area contributed by atoms with Gasteiger partial charge in [0, 0.05) is 0 Å². The molecule has 0 aromatic rings. The van der Waals surface area contributed by atoms with Gasteiger partial charge in [-0.05, 0) is 6.92 Å². The van der Waals surface area contributed by atoms with Gasteiger partial charge in [0.25, 0.3) is 0 Å². The molecule has 0 aliphatic carbocycles. The maximum Gasteiger partial charge on any atom is 0.449 e. The van der Waals surface area contributed by atoms with Crippen LogP contribution in [0.5, 0.6) is 0 Å². The van der Waals surface area contributed by atoms with Gasteiger partial charge in [0.1, 0.15) is 12.2 Å². The lowest BCUT2D eigenvalue weighted by molar-refractivity contribution is -0.159. The van der Waals surface area contributed by atoms with Gasteiger partial charge in [0.05, 0.1) is 6.10 Å². The van der Waals surface area contributed by atoms with Crippen LogP contribution < -0.4 is 0 Å². The van der Waals surface area contributed by atoms with Crippen LogP contribution in [0.3, 0.4) is 0 Å². The Hall–Kier alpha value is -0.780. The molecule has 0 saturated heterocycles. The standard InChI is InChI=1S/C6H12O9S/c1-2(7)3(8)4(9)5(10)6(11)15-16(12,13)14/h2-5,7-10H,1H3,(H,12,13,14)/t2-,3+,4+,5-/m1/s1. The van der Waals surface area contributed by atoms with Crippen LogP contribution in [0.2, 0.25) is 0 Å². The Kier molecular flexibility index (Phi) is 5.25. The van der Waals surface area contributed by atoms with Crippen LogP contribution in [-0.4, -0.2) is 63.8 Å². The Morgan fingerprint density at radius 2 is 1.56 bits per heavy atom. The van der Waals surface area contributed by atoms with E-state index in [0.29, 0.717) is 0 Å². The maximum absolute atomic E-state index is 10.8. The summed E-state index contributed by atoms with van der Waals surface area (Å²) in [4.78, 5) is 10.8. The normalized spacial score (nSPS) is 19.6. The van der Waals surface area contributed by atoms with Crippen molar-refractivity contribution < 1.29 is 42.4 Å². The van der Waals surface area contributed by atoms with Crippen molar-refractivity contribution in [3.05, 3.63) is 0 Å². The second kappa shape index (κ2) is 5.52. The van der Waals surface area contributed by atoms with Crippen molar-refractivity contribution in [2.75, 3.05) is 0 Å². The first-order chi connectivity index (χ1) is 7.06. The molecule has 9 nitrogen and oxygen atoms in total. The fourth-order valence-electron chi connectivity index (χ4n) is 0.765. The third-order valence-corrected chi connectivity index (χ3v) is 1.97. The monoisotopic (exact) mass is 260 g/mol. The van der Waals surface area contributed by atoms with Gasteiger partial charge < -0.3 is 24.6 Å². The van der Waals surface area contributed by atoms with Crippen molar-refractivity contribution in [3.8, 4) is 0 Å². The van der Waals surface area contributed by atoms with E-state index in [9.17, 15) is 13.2 Å². The molecule has 0 amide bonds. The first-order valence-corrected chi connectivity index (χ1v) is 5.35. The van der Waals surface area contributed by atoms with Crippen molar-refractivity contribution in [3.63, 3.8) is 0 Å². The molecule has 0 spiro atoms. The summed E-state index contributed by atoms with van der Waals surface area (Å²) in [5.41, 5.74) is 0. The van der Waals surface area contributed by atoms with E-state index in [1.54, 1.807) is 0 Å². The van der Waals surface area contributed by atoms with Crippen LogP contribution in [-0.2, 0) is 19.4 Å². The second-order valence-electron chi connectivity index (χ2n) is 3.00. The number of aliphatic hydroxyl groups excluding tert-OH is 4. The second-order valence-corrected chi connectivity index (χ2v) is 4.02. The number of hydrogen-bond acceptors (Lipinski definition) is 8. The minimum atomic E-state index is -5.11. The first-order valence-electron chi connectivity index (χ1n) is 3.99. The third-order valence-electron chi connectivity index (χ3n) is 1.60. The molecule has 0 radical (unpaired) electrons. The predicted molar refractivity (Wildman–Crippen MR) is 47.3 cm³/mol. The van der Waals surface area contributed by atoms with E-state index in [1.807, 2.05) is 0 Å². The molecule has 5 N–H and O–H groups in total. The maximum atomic E-state index is 10.8. The molecular formula is C6H12O9S. The average molecular weight is 260 g/mol. The lowest BCUT2D eigenvalue weighted by Gasteiger charge is -2.22. The van der Waals surface area contributed by atoms with Crippen molar-refractivity contribution >= 4 is 16.4 Å². The molecule has 0 aromatic heterocycles. The van der Waals surface area contributed by atoms with Crippen molar-refractivity contribution in [1.29, 1.82) is 0 Å². The fraction of sp³-hybridized carbons (Fsp3) is 0.833. The van der Waals surface area contributed by atoms with Crippen LogP contribution in [0.25, 0.3) is 0 Å². The third kappa shape index (κ3) is 4.83. The number of hydrogen-bond donors (Lipinski definition) is 5. The quantitative estimate of drug-likeness (QED) is 0.320. The van der Waals surface area contributed by atoms with Crippen molar-refractivity contribution in [2.24, 2.45) is 0 Å². The summed E-state index contributed by atoms with van der Waals surface area (Å²) in [5.74, 6) is -1.88. The molecule has 16 heavy (non-hydrogen) atoms. The summed E-state index contributed by atoms with van der Waals surface area (Å²) in [6.07, 6.45) is -7.94. The minimum absolute atomic E-state index is 1.06. The lowest BCUT2D eigenvalue weighted by atomic mass is 10.0. The first kappa shape index (κ1) is 15.2.